The predicted molar refractivity (Wildman–Crippen MR) is 81.3 cm³/mol. The van der Waals surface area contributed by atoms with Crippen LogP contribution in [0.15, 0.2) is 23.1 Å². The Balaban J connectivity index is 2.09. The molecule has 1 aromatic carbocycles. The van der Waals surface area contributed by atoms with E-state index >= 15 is 0 Å². The first kappa shape index (κ1) is 14.6. The van der Waals surface area contributed by atoms with E-state index in [1.54, 1.807) is 12.1 Å². The first-order valence-electron chi connectivity index (χ1n) is 6.80. The number of sulfonamides is 1. The fourth-order valence-corrected chi connectivity index (χ4v) is 4.48. The molecule has 1 N–H and O–H groups in total. The van der Waals surface area contributed by atoms with Crippen molar-refractivity contribution in [2.24, 2.45) is 0 Å². The zero-order valence-corrected chi connectivity index (χ0v) is 12.9. The van der Waals surface area contributed by atoms with Gasteiger partial charge in [-0.15, -0.1) is 0 Å². The third-order valence-electron chi connectivity index (χ3n) is 3.83. The number of aromatic nitrogens is 1. The lowest BCUT2D eigenvalue weighted by molar-refractivity contribution is 0.112. The minimum absolute atomic E-state index is 0.204. The third kappa shape index (κ3) is 2.47. The normalized spacial score (nSPS) is 17.2. The Kier molecular flexibility index (Phi) is 3.77. The lowest BCUT2D eigenvalue weighted by Gasteiger charge is -2.25. The van der Waals surface area contributed by atoms with E-state index < -0.39 is 10.0 Å². The molecule has 1 aliphatic heterocycles. The number of rotatable bonds is 3. The summed E-state index contributed by atoms with van der Waals surface area (Å²) in [6, 6.07) is 4.71. The van der Waals surface area contributed by atoms with E-state index in [9.17, 15) is 13.2 Å². The SMILES string of the molecule is O=Cc1c(Cl)[nH]c2ccc(S(=O)(=O)N3CCCCC3)cc12. The van der Waals surface area contributed by atoms with E-state index in [-0.39, 0.29) is 10.0 Å². The average molecular weight is 327 g/mol. The molecule has 21 heavy (non-hydrogen) atoms. The molecule has 112 valence electrons. The van der Waals surface area contributed by atoms with Gasteiger partial charge in [0, 0.05) is 24.0 Å². The molecule has 0 spiro atoms. The summed E-state index contributed by atoms with van der Waals surface area (Å²) >= 11 is 5.94. The second-order valence-electron chi connectivity index (χ2n) is 5.14. The molecule has 1 fully saturated rings. The van der Waals surface area contributed by atoms with E-state index in [1.807, 2.05) is 0 Å². The van der Waals surface area contributed by atoms with Crippen molar-refractivity contribution in [3.63, 3.8) is 0 Å². The summed E-state index contributed by atoms with van der Waals surface area (Å²) in [7, 11) is -3.51. The Hall–Kier alpha value is -1.37. The molecule has 1 aliphatic rings. The third-order valence-corrected chi connectivity index (χ3v) is 6.03. The van der Waals surface area contributed by atoms with Gasteiger partial charge in [0.25, 0.3) is 0 Å². The number of fused-ring (bicyclic) bond motifs is 1. The van der Waals surface area contributed by atoms with Gasteiger partial charge in [0.1, 0.15) is 5.15 Å². The highest BCUT2D eigenvalue weighted by atomic mass is 35.5. The van der Waals surface area contributed by atoms with Crippen molar-refractivity contribution in [1.82, 2.24) is 9.29 Å². The number of halogens is 1. The number of carbonyl (C=O) groups excluding carboxylic acids is 1. The number of piperidine rings is 1. The summed E-state index contributed by atoms with van der Waals surface area (Å²) in [6.07, 6.45) is 3.47. The monoisotopic (exact) mass is 326 g/mol. The fraction of sp³-hybridized carbons (Fsp3) is 0.357. The Labute approximate surface area is 127 Å². The summed E-state index contributed by atoms with van der Waals surface area (Å²) in [5, 5.41) is 0.764. The summed E-state index contributed by atoms with van der Waals surface area (Å²) in [4.78, 5) is 14.2. The van der Waals surface area contributed by atoms with Crippen LogP contribution in [-0.2, 0) is 10.0 Å². The number of hydrogen-bond acceptors (Lipinski definition) is 3. The van der Waals surface area contributed by atoms with Crippen molar-refractivity contribution in [1.29, 1.82) is 0 Å². The average Bonchev–Trinajstić information content (AvgIpc) is 2.82. The van der Waals surface area contributed by atoms with Crippen LogP contribution in [0, 0.1) is 0 Å². The van der Waals surface area contributed by atoms with E-state index in [2.05, 4.69) is 4.98 Å². The lowest BCUT2D eigenvalue weighted by atomic mass is 10.2. The molecule has 3 rings (SSSR count). The predicted octanol–water partition coefficient (Wildman–Crippen LogP) is 2.81. The van der Waals surface area contributed by atoms with E-state index in [1.165, 1.54) is 10.4 Å². The molecule has 0 aliphatic carbocycles. The largest absolute Gasteiger partial charge is 0.345 e. The van der Waals surface area contributed by atoms with E-state index in [4.69, 9.17) is 11.6 Å². The van der Waals surface area contributed by atoms with Crippen LogP contribution in [-0.4, -0.2) is 37.1 Å². The molecule has 0 bridgehead atoms. The highest BCUT2D eigenvalue weighted by Gasteiger charge is 2.26. The maximum atomic E-state index is 12.6. The van der Waals surface area contributed by atoms with Gasteiger partial charge in [-0.1, -0.05) is 18.0 Å². The molecule has 0 radical (unpaired) electrons. The minimum atomic E-state index is -3.51. The van der Waals surface area contributed by atoms with Gasteiger partial charge < -0.3 is 4.98 Å². The first-order valence-corrected chi connectivity index (χ1v) is 8.62. The van der Waals surface area contributed by atoms with E-state index in [0.717, 1.165) is 19.3 Å². The van der Waals surface area contributed by atoms with Gasteiger partial charge in [-0.25, -0.2) is 8.42 Å². The molecule has 0 atom stereocenters. The topological polar surface area (TPSA) is 70.2 Å². The van der Waals surface area contributed by atoms with Crippen molar-refractivity contribution in [2.75, 3.05) is 13.1 Å². The molecule has 7 heteroatoms. The zero-order valence-electron chi connectivity index (χ0n) is 11.3. The van der Waals surface area contributed by atoms with Gasteiger partial charge in [0.2, 0.25) is 10.0 Å². The highest BCUT2D eigenvalue weighted by Crippen LogP contribution is 2.29. The van der Waals surface area contributed by atoms with Crippen LogP contribution in [0.4, 0.5) is 0 Å². The van der Waals surface area contributed by atoms with Gasteiger partial charge in [0.05, 0.1) is 10.5 Å². The van der Waals surface area contributed by atoms with Crippen LogP contribution in [0.3, 0.4) is 0 Å². The first-order chi connectivity index (χ1) is 10.0. The van der Waals surface area contributed by atoms with Gasteiger partial charge in [-0.2, -0.15) is 4.31 Å². The van der Waals surface area contributed by atoms with Crippen LogP contribution < -0.4 is 0 Å². The van der Waals surface area contributed by atoms with Crippen LogP contribution >= 0.6 is 11.6 Å². The van der Waals surface area contributed by atoms with Crippen molar-refractivity contribution < 1.29 is 13.2 Å². The van der Waals surface area contributed by atoms with Gasteiger partial charge in [-0.05, 0) is 31.0 Å². The fourth-order valence-electron chi connectivity index (χ4n) is 2.69. The number of aromatic amines is 1. The zero-order chi connectivity index (χ0) is 15.0. The molecule has 0 saturated carbocycles. The molecule has 1 saturated heterocycles. The second-order valence-corrected chi connectivity index (χ2v) is 7.46. The second kappa shape index (κ2) is 5.44. The Morgan fingerprint density at radius 3 is 2.57 bits per heavy atom. The Bertz CT molecular complexity index is 792. The van der Waals surface area contributed by atoms with Crippen molar-refractivity contribution in [3.8, 4) is 0 Å². The van der Waals surface area contributed by atoms with Crippen LogP contribution in [0.5, 0.6) is 0 Å². The number of H-pyrrole nitrogens is 1. The smallest absolute Gasteiger partial charge is 0.243 e. The number of carbonyl (C=O) groups is 1. The number of aldehydes is 1. The Morgan fingerprint density at radius 1 is 1.19 bits per heavy atom. The molecule has 0 amide bonds. The molecular formula is C14H15ClN2O3S. The molecule has 1 aromatic heterocycles. The van der Waals surface area contributed by atoms with Gasteiger partial charge in [-0.3, -0.25) is 4.79 Å². The van der Waals surface area contributed by atoms with Crippen LogP contribution in [0.1, 0.15) is 29.6 Å². The molecule has 2 heterocycles. The maximum absolute atomic E-state index is 12.6. The highest BCUT2D eigenvalue weighted by molar-refractivity contribution is 7.89. The molecule has 5 nitrogen and oxygen atoms in total. The minimum Gasteiger partial charge on any atom is -0.345 e. The number of benzene rings is 1. The quantitative estimate of drug-likeness (QED) is 0.882. The molecule has 0 unspecified atom stereocenters. The number of nitrogens with zero attached hydrogens (tertiary/aromatic N) is 1. The standard InChI is InChI=1S/C14H15ClN2O3S/c15-14-12(9-18)11-8-10(4-5-13(11)16-14)21(19,20)17-6-2-1-3-7-17/h4-5,8-9,16H,1-3,6-7H2. The maximum Gasteiger partial charge on any atom is 0.243 e. The molecular weight excluding hydrogens is 312 g/mol. The van der Waals surface area contributed by atoms with E-state index in [0.29, 0.717) is 35.8 Å². The van der Waals surface area contributed by atoms with Crippen LogP contribution in [0.2, 0.25) is 5.15 Å². The molecule has 2 aromatic rings. The number of hydrogen-bond donors (Lipinski definition) is 1. The van der Waals surface area contributed by atoms with Gasteiger partial charge >= 0.3 is 0 Å². The van der Waals surface area contributed by atoms with Crippen molar-refractivity contribution in [3.05, 3.63) is 28.9 Å². The summed E-state index contributed by atoms with van der Waals surface area (Å²) in [6.45, 7) is 1.10. The Morgan fingerprint density at radius 2 is 1.90 bits per heavy atom. The van der Waals surface area contributed by atoms with Crippen molar-refractivity contribution >= 4 is 38.8 Å². The lowest BCUT2D eigenvalue weighted by Crippen LogP contribution is -2.35. The summed E-state index contributed by atoms with van der Waals surface area (Å²) < 4.78 is 26.8. The summed E-state index contributed by atoms with van der Waals surface area (Å²) in [5.41, 5.74) is 0.946. The summed E-state index contributed by atoms with van der Waals surface area (Å²) in [5.74, 6) is 0. The number of nitrogens with one attached hydrogen (secondary N) is 1. The van der Waals surface area contributed by atoms with Crippen molar-refractivity contribution in [2.45, 2.75) is 24.2 Å². The van der Waals surface area contributed by atoms with Crippen LogP contribution in [0.25, 0.3) is 10.9 Å². The van der Waals surface area contributed by atoms with Gasteiger partial charge in [0.15, 0.2) is 6.29 Å².